The molecule has 1 heterocycles. The molecular weight excluding hydrogens is 363 g/mol. The predicted octanol–water partition coefficient (Wildman–Crippen LogP) is 4.67. The first-order valence-electron chi connectivity index (χ1n) is 8.51. The summed E-state index contributed by atoms with van der Waals surface area (Å²) < 4.78 is 41.0. The molecule has 26 heavy (non-hydrogen) atoms. The molecule has 1 aromatic carbocycles. The van der Waals surface area contributed by atoms with Crippen molar-refractivity contribution in [3.63, 3.8) is 0 Å². The second-order valence-electron chi connectivity index (χ2n) is 6.76. The van der Waals surface area contributed by atoms with E-state index in [1.165, 1.54) is 22.7 Å². The Kier molecular flexibility index (Phi) is 6.26. The van der Waals surface area contributed by atoms with Crippen LogP contribution in [0.4, 0.5) is 13.2 Å². The average Bonchev–Trinajstić information content (AvgIpc) is 2.88. The molecule has 0 fully saturated rings. The minimum absolute atomic E-state index is 0.0314. The second-order valence-corrected chi connectivity index (χ2v) is 7.87. The van der Waals surface area contributed by atoms with Gasteiger partial charge >= 0.3 is 6.18 Å². The first kappa shape index (κ1) is 20.6. The third kappa shape index (κ3) is 4.34. The maximum Gasteiger partial charge on any atom is 0.416 e. The minimum atomic E-state index is -4.40. The largest absolute Gasteiger partial charge is 0.416 e. The Balaban J connectivity index is 2.52. The molecule has 0 N–H and O–H groups in total. The zero-order valence-corrected chi connectivity index (χ0v) is 16.4. The highest BCUT2D eigenvalue weighted by Crippen LogP contribution is 2.35. The van der Waals surface area contributed by atoms with E-state index in [9.17, 15) is 18.0 Å². The number of halogens is 3. The van der Waals surface area contributed by atoms with Crippen molar-refractivity contribution >= 4 is 28.7 Å². The SMILES string of the molecule is CCCn1c(SC(C(=O)N(C)C)C(C)C)nc2ccc(C(F)(F)F)cc21. The van der Waals surface area contributed by atoms with Crippen molar-refractivity contribution in [2.75, 3.05) is 14.1 Å². The summed E-state index contributed by atoms with van der Waals surface area (Å²) >= 11 is 1.32. The van der Waals surface area contributed by atoms with E-state index < -0.39 is 11.7 Å². The fourth-order valence-corrected chi connectivity index (χ4v) is 3.93. The molecule has 0 radical (unpaired) electrons. The van der Waals surface area contributed by atoms with Crippen molar-refractivity contribution in [3.05, 3.63) is 23.8 Å². The topological polar surface area (TPSA) is 38.1 Å². The monoisotopic (exact) mass is 387 g/mol. The van der Waals surface area contributed by atoms with Crippen LogP contribution in [0.3, 0.4) is 0 Å². The summed E-state index contributed by atoms with van der Waals surface area (Å²) in [6.45, 7) is 6.40. The molecule has 0 aliphatic carbocycles. The lowest BCUT2D eigenvalue weighted by molar-refractivity contribution is -0.137. The van der Waals surface area contributed by atoms with E-state index in [1.807, 2.05) is 20.8 Å². The highest BCUT2D eigenvalue weighted by Gasteiger charge is 2.32. The molecule has 0 saturated heterocycles. The standard InChI is InChI=1S/C18H24F3N3OS/c1-6-9-24-14-10-12(18(19,20)21)7-8-13(14)22-17(24)26-15(11(2)3)16(25)23(4)5/h7-8,10-11,15H,6,9H2,1-5H3. The molecule has 2 aromatic rings. The third-order valence-corrected chi connectivity index (χ3v) is 5.53. The van der Waals surface area contributed by atoms with Crippen LogP contribution in [-0.4, -0.2) is 39.7 Å². The average molecular weight is 387 g/mol. The van der Waals surface area contributed by atoms with Gasteiger partial charge in [0, 0.05) is 20.6 Å². The van der Waals surface area contributed by atoms with E-state index in [4.69, 9.17) is 0 Å². The smallest absolute Gasteiger partial charge is 0.348 e. The number of benzene rings is 1. The fourth-order valence-electron chi connectivity index (χ4n) is 2.65. The molecule has 2 rings (SSSR count). The fraction of sp³-hybridized carbons (Fsp3) is 0.556. The van der Waals surface area contributed by atoms with Gasteiger partial charge in [0.05, 0.1) is 21.8 Å². The summed E-state index contributed by atoms with van der Waals surface area (Å²) in [6, 6.07) is 3.58. The molecule has 0 saturated carbocycles. The molecule has 4 nitrogen and oxygen atoms in total. The number of carbonyl (C=O) groups excluding carboxylic acids is 1. The van der Waals surface area contributed by atoms with Gasteiger partial charge in [-0.1, -0.05) is 32.5 Å². The highest BCUT2D eigenvalue weighted by molar-refractivity contribution is 8.00. The van der Waals surface area contributed by atoms with Gasteiger partial charge in [-0.3, -0.25) is 4.79 Å². The van der Waals surface area contributed by atoms with Crippen molar-refractivity contribution in [3.8, 4) is 0 Å². The van der Waals surface area contributed by atoms with Crippen molar-refractivity contribution in [2.24, 2.45) is 5.92 Å². The number of thioether (sulfide) groups is 1. The maximum atomic E-state index is 13.1. The van der Waals surface area contributed by atoms with Gasteiger partial charge in [0.25, 0.3) is 0 Å². The van der Waals surface area contributed by atoms with Gasteiger partial charge in [-0.25, -0.2) is 4.98 Å². The number of carbonyl (C=O) groups is 1. The molecule has 0 aliphatic rings. The summed E-state index contributed by atoms with van der Waals surface area (Å²) in [5, 5.41) is 0.231. The first-order valence-corrected chi connectivity index (χ1v) is 9.39. The molecule has 0 aliphatic heterocycles. The van der Waals surface area contributed by atoms with Gasteiger partial charge in [0.15, 0.2) is 5.16 Å². The van der Waals surface area contributed by atoms with Crippen LogP contribution in [0.25, 0.3) is 11.0 Å². The Morgan fingerprint density at radius 2 is 1.96 bits per heavy atom. The van der Waals surface area contributed by atoms with Gasteiger partial charge in [0.2, 0.25) is 5.91 Å². The van der Waals surface area contributed by atoms with E-state index in [-0.39, 0.29) is 17.1 Å². The van der Waals surface area contributed by atoms with Crippen molar-refractivity contribution < 1.29 is 18.0 Å². The quantitative estimate of drug-likeness (QED) is 0.676. The number of amides is 1. The Morgan fingerprint density at radius 3 is 2.46 bits per heavy atom. The number of hydrogen-bond acceptors (Lipinski definition) is 3. The molecule has 1 aromatic heterocycles. The molecule has 1 unspecified atom stereocenters. The molecular formula is C18H24F3N3OS. The summed E-state index contributed by atoms with van der Waals surface area (Å²) in [6.07, 6.45) is -3.65. The number of alkyl halides is 3. The predicted molar refractivity (Wildman–Crippen MR) is 98.2 cm³/mol. The number of imidazole rings is 1. The Bertz CT molecular complexity index is 784. The van der Waals surface area contributed by atoms with Crippen LogP contribution in [-0.2, 0) is 17.5 Å². The van der Waals surface area contributed by atoms with E-state index in [2.05, 4.69) is 4.98 Å². The molecule has 0 bridgehead atoms. The zero-order valence-electron chi connectivity index (χ0n) is 15.6. The van der Waals surface area contributed by atoms with Crippen LogP contribution in [0.1, 0.15) is 32.8 Å². The van der Waals surface area contributed by atoms with Gasteiger partial charge in [-0.15, -0.1) is 0 Å². The molecule has 144 valence electrons. The van der Waals surface area contributed by atoms with Crippen molar-refractivity contribution in [1.29, 1.82) is 0 Å². The highest BCUT2D eigenvalue weighted by atomic mass is 32.2. The third-order valence-electron chi connectivity index (χ3n) is 4.01. The van der Waals surface area contributed by atoms with Crippen LogP contribution in [0.15, 0.2) is 23.4 Å². The van der Waals surface area contributed by atoms with Crippen molar-refractivity contribution in [2.45, 2.75) is 50.3 Å². The summed E-state index contributed by atoms with van der Waals surface area (Å²) in [4.78, 5) is 18.5. The Hall–Kier alpha value is -1.70. The van der Waals surface area contributed by atoms with E-state index in [1.54, 1.807) is 18.7 Å². The number of aryl methyl sites for hydroxylation is 1. The molecule has 8 heteroatoms. The van der Waals surface area contributed by atoms with Crippen LogP contribution in [0, 0.1) is 5.92 Å². The number of rotatable bonds is 6. The number of fused-ring (bicyclic) bond motifs is 1. The summed E-state index contributed by atoms with van der Waals surface area (Å²) in [5.74, 6) is 0.0339. The van der Waals surface area contributed by atoms with Crippen molar-refractivity contribution in [1.82, 2.24) is 14.5 Å². The second kappa shape index (κ2) is 7.90. The number of nitrogens with zero attached hydrogens (tertiary/aromatic N) is 3. The van der Waals surface area contributed by atoms with Crippen LogP contribution in [0.2, 0.25) is 0 Å². The normalized spacial score (nSPS) is 13.4. The Labute approximate surface area is 155 Å². The molecule has 0 spiro atoms. The van der Waals surface area contributed by atoms with Gasteiger partial charge in [-0.2, -0.15) is 13.2 Å². The zero-order chi connectivity index (χ0) is 19.6. The first-order chi connectivity index (χ1) is 12.1. The summed E-state index contributed by atoms with van der Waals surface area (Å²) in [7, 11) is 3.39. The van der Waals surface area contributed by atoms with Crippen LogP contribution in [0.5, 0.6) is 0 Å². The molecule has 1 amide bonds. The maximum absolute atomic E-state index is 13.1. The lowest BCUT2D eigenvalue weighted by atomic mass is 10.1. The van der Waals surface area contributed by atoms with Crippen LogP contribution >= 0.6 is 11.8 Å². The van der Waals surface area contributed by atoms with Crippen LogP contribution < -0.4 is 0 Å². The number of aromatic nitrogens is 2. The van der Waals surface area contributed by atoms with Gasteiger partial charge in [-0.05, 0) is 30.5 Å². The summed E-state index contributed by atoms with van der Waals surface area (Å²) in [5.41, 5.74) is 0.265. The van der Waals surface area contributed by atoms with Gasteiger partial charge < -0.3 is 9.47 Å². The Morgan fingerprint density at radius 1 is 1.31 bits per heavy atom. The van der Waals surface area contributed by atoms with E-state index in [0.717, 1.165) is 18.6 Å². The number of hydrogen-bond donors (Lipinski definition) is 0. The lowest BCUT2D eigenvalue weighted by Gasteiger charge is -2.23. The minimum Gasteiger partial charge on any atom is -0.348 e. The van der Waals surface area contributed by atoms with E-state index >= 15 is 0 Å². The van der Waals surface area contributed by atoms with E-state index in [0.29, 0.717) is 22.7 Å². The molecule has 1 atom stereocenters. The van der Waals surface area contributed by atoms with Gasteiger partial charge in [0.1, 0.15) is 0 Å². The lowest BCUT2D eigenvalue weighted by Crippen LogP contribution is -2.35.